The van der Waals surface area contributed by atoms with Crippen molar-refractivity contribution in [3.8, 4) is 0 Å². The number of carboxylic acids is 1. The number of nitrogens with one attached hydrogen (secondary N) is 1. The molecular weight excluding hydrogens is 366 g/mol. The summed E-state index contributed by atoms with van der Waals surface area (Å²) >= 11 is 1.55. The normalized spacial score (nSPS) is 29.7. The van der Waals surface area contributed by atoms with Crippen LogP contribution in [-0.4, -0.2) is 50.0 Å². The van der Waals surface area contributed by atoms with Gasteiger partial charge in [-0.3, -0.25) is 9.59 Å². The Balaban J connectivity index is 1.50. The van der Waals surface area contributed by atoms with Crippen LogP contribution >= 0.6 is 11.8 Å². The summed E-state index contributed by atoms with van der Waals surface area (Å²) in [5.41, 5.74) is 6.69. The number of carbonyl (C=O) groups excluding carboxylic acids is 2. The van der Waals surface area contributed by atoms with E-state index < -0.39 is 34.7 Å². The summed E-state index contributed by atoms with van der Waals surface area (Å²) in [6.45, 7) is 0. The first-order valence-electron chi connectivity index (χ1n) is 9.28. The number of nitrogens with two attached hydrogens (primary N) is 1. The highest BCUT2D eigenvalue weighted by Crippen LogP contribution is 2.57. The maximum atomic E-state index is 12.7. The second-order valence-corrected chi connectivity index (χ2v) is 9.03. The first kappa shape index (κ1) is 18.3. The van der Waals surface area contributed by atoms with E-state index in [4.69, 9.17) is 5.73 Å². The molecule has 4 rings (SSSR count). The molecule has 144 valence electrons. The van der Waals surface area contributed by atoms with Crippen molar-refractivity contribution >= 4 is 29.5 Å². The molecule has 4 atom stereocenters. The highest BCUT2D eigenvalue weighted by Gasteiger charge is 2.66. The number of hydrogen-bond donors (Lipinski definition) is 3. The summed E-state index contributed by atoms with van der Waals surface area (Å²) in [6.07, 6.45) is 4.63. The van der Waals surface area contributed by atoms with Crippen LogP contribution in [0.4, 0.5) is 0 Å². The number of rotatable bonds is 4. The van der Waals surface area contributed by atoms with Crippen molar-refractivity contribution in [2.24, 2.45) is 5.73 Å². The van der Waals surface area contributed by atoms with Gasteiger partial charge in [0.25, 0.3) is 0 Å². The number of fused-ring (bicyclic) bond motifs is 1. The summed E-state index contributed by atoms with van der Waals surface area (Å²) in [6, 6.07) is 6.59. The molecule has 1 saturated carbocycles. The average Bonchev–Trinajstić information content (AvgIpc) is 2.97. The molecule has 2 aliphatic heterocycles. The Hall–Kier alpha value is -2.06. The van der Waals surface area contributed by atoms with Gasteiger partial charge in [-0.2, -0.15) is 0 Å². The topological polar surface area (TPSA) is 113 Å². The predicted octanol–water partition coefficient (Wildman–Crippen LogP) is 1.24. The van der Waals surface area contributed by atoms with Gasteiger partial charge < -0.3 is 21.1 Å². The van der Waals surface area contributed by atoms with Gasteiger partial charge in [-0.25, -0.2) is 4.79 Å². The number of thioether (sulfide) groups is 1. The lowest BCUT2D eigenvalue weighted by Crippen LogP contribution is -2.71. The first-order chi connectivity index (χ1) is 12.9. The zero-order valence-corrected chi connectivity index (χ0v) is 15.7. The largest absolute Gasteiger partial charge is 0.480 e. The maximum Gasteiger partial charge on any atom is 0.327 e. The van der Waals surface area contributed by atoms with E-state index in [1.165, 1.54) is 4.90 Å². The number of amides is 2. The number of carboxylic acid groups (broad SMARTS) is 1. The molecule has 1 aromatic rings. The second-order valence-electron chi connectivity index (χ2n) is 7.49. The molecule has 2 saturated heterocycles. The van der Waals surface area contributed by atoms with E-state index in [0.29, 0.717) is 5.56 Å². The average molecular weight is 389 g/mol. The lowest BCUT2D eigenvalue weighted by atomic mass is 9.81. The maximum absolute atomic E-state index is 12.7. The molecule has 4 N–H and O–H groups in total. The van der Waals surface area contributed by atoms with Crippen molar-refractivity contribution in [3.63, 3.8) is 0 Å². The van der Waals surface area contributed by atoms with Gasteiger partial charge in [0.05, 0.1) is 0 Å². The van der Waals surface area contributed by atoms with Gasteiger partial charge >= 0.3 is 5.97 Å². The van der Waals surface area contributed by atoms with Crippen molar-refractivity contribution in [2.75, 3.05) is 0 Å². The summed E-state index contributed by atoms with van der Waals surface area (Å²) in [7, 11) is 0. The Morgan fingerprint density at radius 2 is 1.89 bits per heavy atom. The molecule has 27 heavy (non-hydrogen) atoms. The standard InChI is InChI=1S/C19H23N3O4S/c20-12(11-7-3-1-4-8-11)15(23)21-13-16(24)22-14(18(25)26)19(27-17(13)22)9-5-2-6-10-19/h1,3-4,7-8,12-14,17H,2,5-6,9-10,20H2,(H,21,23)(H,25,26)/t12?,13?,14?,17-/m0/s1. The van der Waals surface area contributed by atoms with Crippen LogP contribution in [0.15, 0.2) is 30.3 Å². The Morgan fingerprint density at radius 1 is 1.22 bits per heavy atom. The Bertz CT molecular complexity index is 765. The molecular formula is C19H23N3O4S. The minimum absolute atomic E-state index is 0.323. The van der Waals surface area contributed by atoms with Gasteiger partial charge in [0, 0.05) is 4.75 Å². The number of benzene rings is 1. The van der Waals surface area contributed by atoms with Gasteiger partial charge in [-0.05, 0) is 18.4 Å². The van der Waals surface area contributed by atoms with Crippen LogP contribution in [0.25, 0.3) is 0 Å². The fourth-order valence-corrected chi connectivity index (χ4v) is 6.53. The van der Waals surface area contributed by atoms with E-state index in [0.717, 1.165) is 32.1 Å². The number of carbonyl (C=O) groups is 3. The van der Waals surface area contributed by atoms with Crippen molar-refractivity contribution in [1.29, 1.82) is 0 Å². The van der Waals surface area contributed by atoms with Crippen LogP contribution in [0.5, 0.6) is 0 Å². The Kier molecular flexibility index (Phi) is 4.63. The van der Waals surface area contributed by atoms with E-state index in [2.05, 4.69) is 5.32 Å². The molecule has 1 aliphatic carbocycles. The van der Waals surface area contributed by atoms with Gasteiger partial charge in [0.2, 0.25) is 11.8 Å². The molecule has 1 spiro atoms. The highest BCUT2D eigenvalue weighted by molar-refractivity contribution is 8.01. The highest BCUT2D eigenvalue weighted by atomic mass is 32.2. The molecule has 7 nitrogen and oxygen atoms in total. The SMILES string of the molecule is NC(C(=O)NC1C(=O)N2C(C(=O)O)C3(CCCCC3)S[C@@H]12)c1ccccc1. The minimum Gasteiger partial charge on any atom is -0.480 e. The fourth-order valence-electron chi connectivity index (χ4n) is 4.52. The van der Waals surface area contributed by atoms with Crippen molar-refractivity contribution in [2.45, 2.75) is 60.4 Å². The molecule has 2 amide bonds. The quantitative estimate of drug-likeness (QED) is 0.668. The van der Waals surface area contributed by atoms with Crippen LogP contribution in [0.3, 0.4) is 0 Å². The molecule has 0 aromatic heterocycles. The third-order valence-electron chi connectivity index (χ3n) is 5.88. The number of hydrogen-bond acceptors (Lipinski definition) is 5. The fraction of sp³-hybridized carbons (Fsp3) is 0.526. The summed E-state index contributed by atoms with van der Waals surface area (Å²) in [5.74, 6) is -1.70. The molecule has 8 heteroatoms. The second kappa shape index (κ2) is 6.83. The van der Waals surface area contributed by atoms with Crippen molar-refractivity contribution in [3.05, 3.63) is 35.9 Å². The number of aliphatic carboxylic acids is 1. The van der Waals surface area contributed by atoms with E-state index in [1.807, 2.05) is 6.07 Å². The molecule has 3 unspecified atom stereocenters. The minimum atomic E-state index is -0.953. The molecule has 0 bridgehead atoms. The van der Waals surface area contributed by atoms with Crippen molar-refractivity contribution < 1.29 is 19.5 Å². The van der Waals surface area contributed by atoms with Crippen LogP contribution in [0.1, 0.15) is 43.7 Å². The summed E-state index contributed by atoms with van der Waals surface area (Å²) in [4.78, 5) is 38.6. The van der Waals surface area contributed by atoms with Crippen molar-refractivity contribution in [1.82, 2.24) is 10.2 Å². The van der Waals surface area contributed by atoms with Crippen LogP contribution < -0.4 is 11.1 Å². The number of β-lactam (4-membered cyclic amide) rings is 1. The van der Waals surface area contributed by atoms with Crippen LogP contribution in [0, 0.1) is 0 Å². The predicted molar refractivity (Wildman–Crippen MR) is 101 cm³/mol. The number of nitrogens with zero attached hydrogens (tertiary/aromatic N) is 1. The van der Waals surface area contributed by atoms with E-state index in [1.54, 1.807) is 36.0 Å². The van der Waals surface area contributed by atoms with Gasteiger partial charge in [-0.1, -0.05) is 49.6 Å². The lowest BCUT2D eigenvalue weighted by molar-refractivity contribution is -0.161. The van der Waals surface area contributed by atoms with Gasteiger partial charge in [0.1, 0.15) is 23.5 Å². The third-order valence-corrected chi connectivity index (χ3v) is 7.73. The first-order valence-corrected chi connectivity index (χ1v) is 10.2. The van der Waals surface area contributed by atoms with E-state index in [9.17, 15) is 19.5 Å². The van der Waals surface area contributed by atoms with E-state index in [-0.39, 0.29) is 11.3 Å². The van der Waals surface area contributed by atoms with Crippen LogP contribution in [0.2, 0.25) is 0 Å². The smallest absolute Gasteiger partial charge is 0.327 e. The van der Waals surface area contributed by atoms with Gasteiger partial charge in [-0.15, -0.1) is 11.8 Å². The molecule has 0 radical (unpaired) electrons. The Labute approximate surface area is 161 Å². The summed E-state index contributed by atoms with van der Waals surface area (Å²) in [5, 5.41) is 12.2. The molecule has 3 aliphatic rings. The van der Waals surface area contributed by atoms with E-state index >= 15 is 0 Å². The third kappa shape index (κ3) is 2.91. The molecule has 3 fully saturated rings. The monoisotopic (exact) mass is 389 g/mol. The zero-order valence-electron chi connectivity index (χ0n) is 14.8. The molecule has 2 heterocycles. The van der Waals surface area contributed by atoms with Gasteiger partial charge in [0.15, 0.2) is 0 Å². The zero-order chi connectivity index (χ0) is 19.2. The van der Waals surface area contributed by atoms with Crippen LogP contribution in [-0.2, 0) is 14.4 Å². The lowest BCUT2D eigenvalue weighted by Gasteiger charge is -2.44. The molecule has 1 aromatic carbocycles. The Morgan fingerprint density at radius 3 is 2.52 bits per heavy atom. The summed E-state index contributed by atoms with van der Waals surface area (Å²) < 4.78 is -0.439.